The molecule has 0 aliphatic rings. The molecule has 0 amide bonds. The van der Waals surface area contributed by atoms with E-state index in [4.69, 9.17) is 7.74 Å². The minimum absolute atomic E-state index is 0. The Morgan fingerprint density at radius 2 is 2.36 bits per heavy atom. The Balaban J connectivity index is 0. The summed E-state index contributed by atoms with van der Waals surface area (Å²) in [6, 6.07) is 1.83. The van der Waals surface area contributed by atoms with Gasteiger partial charge in [-0.25, -0.2) is 0 Å². The summed E-state index contributed by atoms with van der Waals surface area (Å²) < 4.78 is 0. The maximum absolute atomic E-state index is 4.96. The van der Waals surface area contributed by atoms with Crippen molar-refractivity contribution in [1.29, 1.82) is 0 Å². The van der Waals surface area contributed by atoms with E-state index >= 15 is 0 Å². The Labute approximate surface area is 83.5 Å². The van der Waals surface area contributed by atoms with Gasteiger partial charge in [0.25, 0.3) is 0 Å². The molecule has 0 unspecified atom stereocenters. The van der Waals surface area contributed by atoms with Crippen LogP contribution in [0.25, 0.3) is 0 Å². The smallest absolute Gasteiger partial charge is 0.0541 e. The molecule has 0 fully saturated rings. The fourth-order valence-corrected chi connectivity index (χ4v) is 0.351. The second-order valence-corrected chi connectivity index (χ2v) is 1.60. The molecule has 0 saturated carbocycles. The first-order chi connectivity index (χ1) is 4.91. The average Bonchev–Trinajstić information content (AvgIpc) is 2.44. The SMILES string of the molecule is [B][B][B]CC.[Rh].c1cn[nH]c1. The molecule has 1 aromatic heterocycles. The van der Waals surface area contributed by atoms with Crippen molar-refractivity contribution in [2.75, 3.05) is 0 Å². The van der Waals surface area contributed by atoms with Crippen LogP contribution in [0.3, 0.4) is 0 Å². The summed E-state index contributed by atoms with van der Waals surface area (Å²) in [5.74, 6) is 0. The molecular formula is C5H9B3N2Rh. The quantitative estimate of drug-likeness (QED) is 0.727. The number of aromatic amines is 1. The number of rotatable bonds is 2. The molecule has 0 aromatic carbocycles. The zero-order valence-corrected chi connectivity index (χ0v) is 8.09. The Kier molecular flexibility index (Phi) is 15.7. The fourth-order valence-electron chi connectivity index (χ4n) is 0.351. The van der Waals surface area contributed by atoms with Gasteiger partial charge in [-0.05, 0) is 6.07 Å². The van der Waals surface area contributed by atoms with E-state index in [9.17, 15) is 0 Å². The first-order valence-corrected chi connectivity index (χ1v) is 3.22. The molecule has 0 saturated heterocycles. The molecule has 6 heteroatoms. The fraction of sp³-hybridized carbons (Fsp3) is 0.400. The van der Waals surface area contributed by atoms with Crippen LogP contribution in [0.15, 0.2) is 18.5 Å². The van der Waals surface area contributed by atoms with Gasteiger partial charge in [0.05, 0.1) is 7.17 Å². The van der Waals surface area contributed by atoms with E-state index in [1.807, 2.05) is 20.2 Å². The summed E-state index contributed by atoms with van der Waals surface area (Å²) in [4.78, 5) is 0. The molecular weight excluding hydrogens is 223 g/mol. The molecule has 2 nitrogen and oxygen atoms in total. The summed E-state index contributed by atoms with van der Waals surface area (Å²) >= 11 is 0. The van der Waals surface area contributed by atoms with Crippen LogP contribution in [0, 0.1) is 0 Å². The van der Waals surface area contributed by atoms with Crippen molar-refractivity contribution < 1.29 is 19.5 Å². The zero-order valence-electron chi connectivity index (χ0n) is 6.45. The number of nitrogens with one attached hydrogen (secondary N) is 1. The van der Waals surface area contributed by atoms with E-state index < -0.39 is 0 Å². The predicted molar refractivity (Wildman–Crippen MR) is 46.3 cm³/mol. The van der Waals surface area contributed by atoms with Crippen LogP contribution in [0.1, 0.15) is 6.92 Å². The minimum atomic E-state index is 0. The third kappa shape index (κ3) is 13.1. The molecule has 1 aromatic rings. The van der Waals surface area contributed by atoms with Gasteiger partial charge in [-0.3, -0.25) is 5.10 Å². The number of aromatic nitrogens is 2. The van der Waals surface area contributed by atoms with Gasteiger partial charge in [0, 0.05) is 46.7 Å². The van der Waals surface area contributed by atoms with Crippen LogP contribution < -0.4 is 0 Å². The molecule has 0 spiro atoms. The van der Waals surface area contributed by atoms with Crippen molar-refractivity contribution in [2.24, 2.45) is 0 Å². The van der Waals surface area contributed by atoms with Crippen LogP contribution >= 0.6 is 0 Å². The van der Waals surface area contributed by atoms with E-state index in [1.54, 1.807) is 19.5 Å². The van der Waals surface area contributed by atoms with Crippen LogP contribution in [-0.2, 0) is 19.5 Å². The van der Waals surface area contributed by atoms with Gasteiger partial charge in [0.2, 0.25) is 0 Å². The third-order valence-electron chi connectivity index (χ3n) is 0.778. The van der Waals surface area contributed by atoms with Crippen molar-refractivity contribution in [2.45, 2.75) is 13.2 Å². The molecule has 1 rings (SSSR count). The Hall–Kier alpha value is 0.0282. The predicted octanol–water partition coefficient (Wildman–Crippen LogP) is 0.239. The average molecular weight is 232 g/mol. The van der Waals surface area contributed by atoms with Gasteiger partial charge in [0.15, 0.2) is 0 Å². The van der Waals surface area contributed by atoms with Crippen LogP contribution in [0.2, 0.25) is 6.32 Å². The van der Waals surface area contributed by atoms with Crippen LogP contribution in [0.5, 0.6) is 0 Å². The van der Waals surface area contributed by atoms with Gasteiger partial charge in [0.1, 0.15) is 0 Å². The zero-order chi connectivity index (χ0) is 7.66. The maximum Gasteiger partial charge on any atom is 0.0541 e. The summed E-state index contributed by atoms with van der Waals surface area (Å²) in [7, 11) is 8.42. The summed E-state index contributed by atoms with van der Waals surface area (Å²) in [5.41, 5.74) is 0. The van der Waals surface area contributed by atoms with Gasteiger partial charge >= 0.3 is 0 Å². The summed E-state index contributed by atoms with van der Waals surface area (Å²) in [6.45, 7) is 2.04. The standard InChI is InChI=1S/C3H4N2.C2H5B3.Rh/c1-2-4-5-3-1;1-2-4-5-3;/h1-3H,(H,4,5);2H2,1H3;. The van der Waals surface area contributed by atoms with Gasteiger partial charge in [-0.2, -0.15) is 5.10 Å². The van der Waals surface area contributed by atoms with Crippen molar-refractivity contribution in [3.05, 3.63) is 18.5 Å². The number of hydrogen-bond donors (Lipinski definition) is 1. The number of hydrogen-bond acceptors (Lipinski definition) is 1. The normalized spacial score (nSPS) is 6.64. The Bertz CT molecular complexity index is 106. The molecule has 57 valence electrons. The maximum atomic E-state index is 4.96. The number of H-pyrrole nitrogens is 1. The molecule has 11 heavy (non-hydrogen) atoms. The van der Waals surface area contributed by atoms with E-state index in [1.165, 1.54) is 0 Å². The Morgan fingerprint density at radius 1 is 1.64 bits per heavy atom. The van der Waals surface area contributed by atoms with E-state index in [-0.39, 0.29) is 19.5 Å². The van der Waals surface area contributed by atoms with Crippen molar-refractivity contribution in [3.8, 4) is 0 Å². The minimum Gasteiger partial charge on any atom is -0.286 e. The van der Waals surface area contributed by atoms with E-state index in [2.05, 4.69) is 10.2 Å². The topological polar surface area (TPSA) is 28.7 Å². The first-order valence-electron chi connectivity index (χ1n) is 3.22. The van der Waals surface area contributed by atoms with Crippen molar-refractivity contribution in [1.82, 2.24) is 10.2 Å². The first kappa shape index (κ1) is 13.6. The van der Waals surface area contributed by atoms with Gasteiger partial charge in [-0.1, -0.05) is 13.2 Å². The van der Waals surface area contributed by atoms with Crippen LogP contribution in [0.4, 0.5) is 0 Å². The molecule has 0 atom stereocenters. The second kappa shape index (κ2) is 12.7. The Morgan fingerprint density at radius 3 is 2.45 bits per heavy atom. The molecule has 0 aliphatic heterocycles. The van der Waals surface area contributed by atoms with E-state index in [0.29, 0.717) is 0 Å². The van der Waals surface area contributed by atoms with E-state index in [0.717, 1.165) is 6.32 Å². The van der Waals surface area contributed by atoms with Crippen molar-refractivity contribution in [3.63, 3.8) is 0 Å². The second-order valence-electron chi connectivity index (χ2n) is 1.60. The molecule has 0 aliphatic carbocycles. The van der Waals surface area contributed by atoms with Crippen LogP contribution in [-0.4, -0.2) is 32.2 Å². The monoisotopic (exact) mass is 233 g/mol. The van der Waals surface area contributed by atoms with Gasteiger partial charge in [-0.15, -0.1) is 0 Å². The number of nitrogens with zero attached hydrogens (tertiary/aromatic N) is 1. The molecule has 1 heterocycles. The van der Waals surface area contributed by atoms with Crippen molar-refractivity contribution >= 4 is 22.0 Å². The molecule has 5 radical (unpaired) electrons. The summed E-state index contributed by atoms with van der Waals surface area (Å²) in [6.07, 6.45) is 4.50. The third-order valence-corrected chi connectivity index (χ3v) is 0.778. The molecule has 1 N–H and O–H groups in total. The summed E-state index contributed by atoms with van der Waals surface area (Å²) in [5, 5.41) is 6.21. The largest absolute Gasteiger partial charge is 0.286 e. The van der Waals surface area contributed by atoms with Gasteiger partial charge < -0.3 is 0 Å². The molecule has 0 bridgehead atoms.